The summed E-state index contributed by atoms with van der Waals surface area (Å²) in [6, 6.07) is 27.9. The van der Waals surface area contributed by atoms with E-state index in [9.17, 15) is 18.0 Å². The predicted molar refractivity (Wildman–Crippen MR) is 184 cm³/mol. The fourth-order valence-corrected chi connectivity index (χ4v) is 6.97. The molecule has 0 aromatic heterocycles. The molecule has 0 bridgehead atoms. The molecule has 4 rings (SSSR count). The molecule has 0 aliphatic carbocycles. The van der Waals surface area contributed by atoms with Crippen LogP contribution in [-0.2, 0) is 32.6 Å². The molecule has 0 radical (unpaired) electrons. The molecular weight excluding hydrogens is 697 g/mol. The number of hydrogen-bond donors (Lipinski definition) is 1. The Balaban J connectivity index is 1.81. The maximum atomic E-state index is 14.5. The molecule has 11 heteroatoms. The van der Waals surface area contributed by atoms with Crippen LogP contribution in [0.5, 0.6) is 0 Å². The Hall–Kier alpha value is -3.37. The van der Waals surface area contributed by atoms with Crippen molar-refractivity contribution in [3.8, 4) is 0 Å². The number of hydrogen-bond acceptors (Lipinski definition) is 4. The Morgan fingerprint density at radius 2 is 1.53 bits per heavy atom. The number of rotatable bonds is 13. The first-order chi connectivity index (χ1) is 21.5. The highest BCUT2D eigenvalue weighted by molar-refractivity contribution is 9.10. The Kier molecular flexibility index (Phi) is 12.1. The molecule has 1 atom stereocenters. The lowest BCUT2D eigenvalue weighted by molar-refractivity contribution is -0.140. The highest BCUT2D eigenvalue weighted by Gasteiger charge is 2.35. The largest absolute Gasteiger partial charge is 0.354 e. The third-order valence-corrected chi connectivity index (χ3v) is 9.89. The summed E-state index contributed by atoms with van der Waals surface area (Å²) in [5.41, 5.74) is 1.68. The van der Waals surface area contributed by atoms with Gasteiger partial charge in [0.15, 0.2) is 0 Å². The fourth-order valence-electron chi connectivity index (χ4n) is 4.69. The lowest BCUT2D eigenvalue weighted by Gasteiger charge is -2.34. The normalized spacial score (nSPS) is 12.0. The third-order valence-electron chi connectivity index (χ3n) is 7.02. The van der Waals surface area contributed by atoms with Crippen LogP contribution in [0.1, 0.15) is 25.0 Å². The summed E-state index contributed by atoms with van der Waals surface area (Å²) in [6.07, 6.45) is 0.198. The number of anilines is 1. The summed E-state index contributed by atoms with van der Waals surface area (Å²) in [5.74, 6) is -0.767. The first kappa shape index (κ1) is 34.5. The van der Waals surface area contributed by atoms with Gasteiger partial charge in [0.25, 0.3) is 10.0 Å². The number of carbonyl (C=O) groups excluding carboxylic acids is 2. The van der Waals surface area contributed by atoms with E-state index in [1.54, 1.807) is 60.7 Å². The van der Waals surface area contributed by atoms with Gasteiger partial charge in [-0.25, -0.2) is 8.42 Å². The maximum Gasteiger partial charge on any atom is 0.264 e. The highest BCUT2D eigenvalue weighted by atomic mass is 79.9. The second-order valence-corrected chi connectivity index (χ2v) is 14.5. The van der Waals surface area contributed by atoms with Gasteiger partial charge in [-0.05, 0) is 59.5 Å². The van der Waals surface area contributed by atoms with Gasteiger partial charge in [0.2, 0.25) is 11.8 Å². The average Bonchev–Trinajstić information content (AvgIpc) is 3.02. The number of sulfonamides is 1. The van der Waals surface area contributed by atoms with Crippen molar-refractivity contribution in [1.29, 1.82) is 0 Å². The molecule has 4 aromatic carbocycles. The minimum Gasteiger partial charge on any atom is -0.354 e. The van der Waals surface area contributed by atoms with Crippen LogP contribution >= 0.6 is 39.1 Å². The lowest BCUT2D eigenvalue weighted by atomic mass is 10.0. The molecule has 2 amide bonds. The van der Waals surface area contributed by atoms with E-state index in [0.717, 1.165) is 9.87 Å². The highest BCUT2D eigenvalue weighted by Crippen LogP contribution is 2.28. The molecule has 0 saturated heterocycles. The van der Waals surface area contributed by atoms with Crippen LogP contribution in [0.2, 0.25) is 10.0 Å². The molecule has 4 aromatic rings. The van der Waals surface area contributed by atoms with Crippen molar-refractivity contribution in [1.82, 2.24) is 10.2 Å². The Labute approximate surface area is 283 Å². The predicted octanol–water partition coefficient (Wildman–Crippen LogP) is 7.36. The first-order valence-corrected chi connectivity index (χ1v) is 17.3. The van der Waals surface area contributed by atoms with Crippen LogP contribution in [0.3, 0.4) is 0 Å². The van der Waals surface area contributed by atoms with Crippen molar-refractivity contribution in [3.05, 3.63) is 129 Å². The van der Waals surface area contributed by atoms with Crippen LogP contribution in [-0.4, -0.2) is 44.3 Å². The van der Waals surface area contributed by atoms with Gasteiger partial charge in [0, 0.05) is 34.0 Å². The molecule has 45 heavy (non-hydrogen) atoms. The van der Waals surface area contributed by atoms with Gasteiger partial charge in [-0.2, -0.15) is 0 Å². The van der Waals surface area contributed by atoms with E-state index in [0.29, 0.717) is 26.6 Å². The van der Waals surface area contributed by atoms with Crippen LogP contribution in [0.4, 0.5) is 5.69 Å². The zero-order valence-electron chi connectivity index (χ0n) is 24.9. The Morgan fingerprint density at radius 3 is 2.16 bits per heavy atom. The van der Waals surface area contributed by atoms with Crippen molar-refractivity contribution in [2.75, 3.05) is 17.4 Å². The molecule has 0 aliphatic heterocycles. The van der Waals surface area contributed by atoms with Crippen LogP contribution in [0.15, 0.2) is 112 Å². The van der Waals surface area contributed by atoms with Crippen molar-refractivity contribution < 1.29 is 18.0 Å². The number of nitrogens with zero attached hydrogens (tertiary/aromatic N) is 2. The number of carbonyl (C=O) groups is 2. The van der Waals surface area contributed by atoms with Crippen LogP contribution in [0, 0.1) is 5.92 Å². The van der Waals surface area contributed by atoms with E-state index in [1.807, 2.05) is 44.2 Å². The number of halogens is 3. The van der Waals surface area contributed by atoms with Crippen molar-refractivity contribution in [3.63, 3.8) is 0 Å². The summed E-state index contributed by atoms with van der Waals surface area (Å²) in [4.78, 5) is 29.8. The lowest BCUT2D eigenvalue weighted by Crippen LogP contribution is -2.53. The van der Waals surface area contributed by atoms with Gasteiger partial charge < -0.3 is 10.2 Å². The smallest absolute Gasteiger partial charge is 0.264 e. The van der Waals surface area contributed by atoms with Crippen LogP contribution < -0.4 is 9.62 Å². The van der Waals surface area contributed by atoms with Crippen LogP contribution in [0.25, 0.3) is 0 Å². The van der Waals surface area contributed by atoms with Gasteiger partial charge in [0.05, 0.1) is 10.6 Å². The standard InChI is InChI=1S/C34H34BrCl2N3O4S/c1-24(2)21-38-34(42)32(18-25-10-5-3-6-11-25)39(22-26-16-17-28(36)20-31(26)37)33(41)23-40(29-13-9-12-27(35)19-29)45(43,44)30-14-7-4-8-15-30/h3-17,19-20,24,32H,18,21-23H2,1-2H3,(H,38,42)/t32-/m1/s1. The van der Waals surface area contributed by atoms with Gasteiger partial charge in [0.1, 0.15) is 12.6 Å². The van der Waals surface area contributed by atoms with E-state index in [-0.39, 0.29) is 35.4 Å². The summed E-state index contributed by atoms with van der Waals surface area (Å²) in [5, 5.41) is 3.72. The molecular formula is C34H34BrCl2N3O4S. The summed E-state index contributed by atoms with van der Waals surface area (Å²) in [6.45, 7) is 3.74. The summed E-state index contributed by atoms with van der Waals surface area (Å²) in [7, 11) is -4.19. The molecule has 7 nitrogen and oxygen atoms in total. The third kappa shape index (κ3) is 9.33. The van der Waals surface area contributed by atoms with E-state index in [4.69, 9.17) is 23.2 Å². The van der Waals surface area contributed by atoms with Crippen molar-refractivity contribution in [2.24, 2.45) is 5.92 Å². The topological polar surface area (TPSA) is 86.8 Å². The van der Waals surface area contributed by atoms with Gasteiger partial charge >= 0.3 is 0 Å². The minimum absolute atomic E-state index is 0.0283. The maximum absolute atomic E-state index is 14.5. The molecule has 1 N–H and O–H groups in total. The minimum atomic E-state index is -4.19. The monoisotopic (exact) mass is 729 g/mol. The zero-order chi connectivity index (χ0) is 32.6. The average molecular weight is 732 g/mol. The summed E-state index contributed by atoms with van der Waals surface area (Å²) < 4.78 is 29.8. The molecule has 0 heterocycles. The van der Waals surface area contributed by atoms with E-state index in [1.165, 1.54) is 17.0 Å². The zero-order valence-corrected chi connectivity index (χ0v) is 28.8. The van der Waals surface area contributed by atoms with Gasteiger partial charge in [-0.15, -0.1) is 0 Å². The molecule has 0 fully saturated rings. The quantitative estimate of drug-likeness (QED) is 0.156. The van der Waals surface area contributed by atoms with E-state index >= 15 is 0 Å². The second kappa shape index (κ2) is 15.8. The SMILES string of the molecule is CC(C)CNC(=O)[C@@H](Cc1ccccc1)N(Cc1ccc(Cl)cc1Cl)C(=O)CN(c1cccc(Br)c1)S(=O)(=O)c1ccccc1. The number of nitrogens with one attached hydrogen (secondary N) is 1. The van der Waals surface area contributed by atoms with Gasteiger partial charge in [-0.3, -0.25) is 13.9 Å². The Bertz CT molecular complexity index is 1720. The Morgan fingerprint density at radius 1 is 0.867 bits per heavy atom. The van der Waals surface area contributed by atoms with Crippen molar-refractivity contribution in [2.45, 2.75) is 37.8 Å². The molecule has 0 aliphatic rings. The van der Waals surface area contributed by atoms with E-state index < -0.39 is 28.5 Å². The van der Waals surface area contributed by atoms with Crippen molar-refractivity contribution >= 4 is 66.7 Å². The summed E-state index contributed by atoms with van der Waals surface area (Å²) >= 11 is 16.1. The van der Waals surface area contributed by atoms with E-state index in [2.05, 4.69) is 21.2 Å². The molecule has 0 unspecified atom stereocenters. The number of amides is 2. The number of benzene rings is 4. The molecule has 236 valence electrons. The second-order valence-electron chi connectivity index (χ2n) is 10.9. The fraction of sp³-hybridized carbons (Fsp3) is 0.235. The molecule has 0 saturated carbocycles. The first-order valence-electron chi connectivity index (χ1n) is 14.3. The van der Waals surface area contributed by atoms with Gasteiger partial charge in [-0.1, -0.05) is 114 Å². The molecule has 0 spiro atoms.